The van der Waals surface area contributed by atoms with Gasteiger partial charge in [0, 0.05) is 25.9 Å². The van der Waals surface area contributed by atoms with Crippen LogP contribution in [0.25, 0.3) is 0 Å². The molecule has 1 heterocycles. The number of methoxy groups -OCH3 is 1. The van der Waals surface area contributed by atoms with Crippen LogP contribution in [0.15, 0.2) is 29.8 Å². The number of phenols is 2. The lowest BCUT2D eigenvalue weighted by Crippen LogP contribution is -2.39. The molecule has 23 heavy (non-hydrogen) atoms. The second-order valence-corrected chi connectivity index (χ2v) is 5.52. The Labute approximate surface area is 135 Å². The summed E-state index contributed by atoms with van der Waals surface area (Å²) in [6.45, 7) is 1.76. The molecule has 1 aliphatic rings. The highest BCUT2D eigenvalue weighted by molar-refractivity contribution is 5.84. The van der Waals surface area contributed by atoms with Crippen LogP contribution >= 0.6 is 0 Å². The average molecular weight is 322 g/mol. The first-order chi connectivity index (χ1) is 11.0. The molecule has 1 aliphatic heterocycles. The fourth-order valence-electron chi connectivity index (χ4n) is 2.76. The molecule has 126 valence electrons. The van der Waals surface area contributed by atoms with Crippen molar-refractivity contribution in [1.29, 1.82) is 0 Å². The molecule has 0 spiro atoms. The molecular formula is C17H22O6. The van der Waals surface area contributed by atoms with Crippen LogP contribution in [0.5, 0.6) is 11.5 Å². The number of benzene rings is 1. The van der Waals surface area contributed by atoms with E-state index in [1.165, 1.54) is 19.2 Å². The number of ether oxygens (including phenoxy) is 2. The van der Waals surface area contributed by atoms with Crippen LogP contribution in [-0.4, -0.2) is 40.8 Å². The third-order valence-electron chi connectivity index (χ3n) is 4.08. The predicted molar refractivity (Wildman–Crippen MR) is 82.9 cm³/mol. The molecule has 1 fully saturated rings. The van der Waals surface area contributed by atoms with Crippen LogP contribution in [0, 0.1) is 5.92 Å². The summed E-state index contributed by atoms with van der Waals surface area (Å²) in [5, 5.41) is 28.7. The molecule has 0 aromatic heterocycles. The summed E-state index contributed by atoms with van der Waals surface area (Å²) in [5.74, 6) is -0.855. The number of aromatic hydroxyl groups is 2. The standard InChI is InChI=1S/C17H22O6/c1-3-11-12(9-16(22-2)23-17(11)21)13(18)6-4-10-5-7-14(19)15(20)8-10/h3,5,7-8,12,16-17,19-21H,4,6,9H2,1-2H3/b11-3-/t12-,16+,17-/m0/s1. The van der Waals surface area contributed by atoms with Crippen LogP contribution in [-0.2, 0) is 20.7 Å². The Bertz CT molecular complexity index is 595. The van der Waals surface area contributed by atoms with Gasteiger partial charge in [-0.1, -0.05) is 12.1 Å². The smallest absolute Gasteiger partial charge is 0.180 e. The van der Waals surface area contributed by atoms with E-state index in [0.717, 1.165) is 5.56 Å². The third kappa shape index (κ3) is 4.10. The van der Waals surface area contributed by atoms with E-state index < -0.39 is 18.5 Å². The predicted octanol–water partition coefficient (Wildman–Crippen LogP) is 1.87. The second kappa shape index (κ2) is 7.59. The van der Waals surface area contributed by atoms with Crippen molar-refractivity contribution in [2.75, 3.05) is 7.11 Å². The number of aryl methyl sites for hydroxylation is 1. The number of aliphatic hydroxyl groups is 1. The van der Waals surface area contributed by atoms with E-state index in [9.17, 15) is 20.1 Å². The van der Waals surface area contributed by atoms with Gasteiger partial charge in [0.2, 0.25) is 0 Å². The fraction of sp³-hybridized carbons (Fsp3) is 0.471. The lowest BCUT2D eigenvalue weighted by molar-refractivity contribution is -0.229. The number of hydrogen-bond donors (Lipinski definition) is 3. The zero-order valence-electron chi connectivity index (χ0n) is 13.2. The first-order valence-corrected chi connectivity index (χ1v) is 7.52. The third-order valence-corrected chi connectivity index (χ3v) is 4.08. The number of aliphatic hydroxyl groups excluding tert-OH is 1. The number of carbonyl (C=O) groups excluding carboxylic acids is 1. The van der Waals surface area contributed by atoms with E-state index in [1.54, 1.807) is 19.1 Å². The van der Waals surface area contributed by atoms with Gasteiger partial charge in [-0.15, -0.1) is 0 Å². The van der Waals surface area contributed by atoms with Crippen molar-refractivity contribution in [3.05, 3.63) is 35.4 Å². The molecule has 1 aromatic carbocycles. The molecule has 0 amide bonds. The summed E-state index contributed by atoms with van der Waals surface area (Å²) >= 11 is 0. The normalized spacial score (nSPS) is 26.4. The summed E-state index contributed by atoms with van der Waals surface area (Å²) in [5.41, 5.74) is 1.31. The quantitative estimate of drug-likeness (QED) is 0.566. The lowest BCUT2D eigenvalue weighted by atomic mass is 9.86. The van der Waals surface area contributed by atoms with Crippen LogP contribution in [0.3, 0.4) is 0 Å². The Balaban J connectivity index is 2.04. The zero-order chi connectivity index (χ0) is 17.0. The monoisotopic (exact) mass is 322 g/mol. The molecular weight excluding hydrogens is 300 g/mol. The molecule has 0 unspecified atom stereocenters. The molecule has 6 heteroatoms. The van der Waals surface area contributed by atoms with Crippen LogP contribution < -0.4 is 0 Å². The highest BCUT2D eigenvalue weighted by Gasteiger charge is 2.36. The van der Waals surface area contributed by atoms with Gasteiger partial charge in [0.25, 0.3) is 0 Å². The van der Waals surface area contributed by atoms with E-state index in [4.69, 9.17) is 9.47 Å². The van der Waals surface area contributed by atoms with E-state index in [2.05, 4.69) is 0 Å². The van der Waals surface area contributed by atoms with Crippen molar-refractivity contribution in [3.8, 4) is 11.5 Å². The molecule has 6 nitrogen and oxygen atoms in total. The highest BCUT2D eigenvalue weighted by atomic mass is 16.7. The average Bonchev–Trinajstić information content (AvgIpc) is 2.54. The first kappa shape index (κ1) is 17.5. The van der Waals surface area contributed by atoms with Gasteiger partial charge < -0.3 is 24.8 Å². The van der Waals surface area contributed by atoms with E-state index in [-0.39, 0.29) is 23.7 Å². The minimum atomic E-state index is -1.13. The van der Waals surface area contributed by atoms with Crippen molar-refractivity contribution in [2.24, 2.45) is 5.92 Å². The molecule has 1 saturated heterocycles. The van der Waals surface area contributed by atoms with Gasteiger partial charge in [-0.2, -0.15) is 0 Å². The van der Waals surface area contributed by atoms with Gasteiger partial charge in [0.15, 0.2) is 24.1 Å². The van der Waals surface area contributed by atoms with Crippen LogP contribution in [0.1, 0.15) is 25.3 Å². The molecule has 0 radical (unpaired) electrons. The van der Waals surface area contributed by atoms with Gasteiger partial charge in [0.1, 0.15) is 5.78 Å². The number of rotatable bonds is 5. The molecule has 2 rings (SSSR count). The Morgan fingerprint density at radius 2 is 2.13 bits per heavy atom. The summed E-state index contributed by atoms with van der Waals surface area (Å²) in [7, 11) is 1.47. The number of phenolic OH excluding ortho intramolecular Hbond substituents is 2. The van der Waals surface area contributed by atoms with Crippen molar-refractivity contribution in [3.63, 3.8) is 0 Å². The van der Waals surface area contributed by atoms with E-state index >= 15 is 0 Å². The van der Waals surface area contributed by atoms with Crippen LogP contribution in [0.4, 0.5) is 0 Å². The first-order valence-electron chi connectivity index (χ1n) is 7.52. The molecule has 1 aromatic rings. The number of carbonyl (C=O) groups is 1. The van der Waals surface area contributed by atoms with Crippen molar-refractivity contribution in [2.45, 2.75) is 38.8 Å². The van der Waals surface area contributed by atoms with Gasteiger partial charge in [0.05, 0.1) is 0 Å². The highest BCUT2D eigenvalue weighted by Crippen LogP contribution is 2.32. The lowest BCUT2D eigenvalue weighted by Gasteiger charge is -2.33. The number of allylic oxidation sites excluding steroid dienone is 1. The molecule has 0 saturated carbocycles. The maximum Gasteiger partial charge on any atom is 0.180 e. The molecule has 0 bridgehead atoms. The maximum atomic E-state index is 12.5. The Morgan fingerprint density at radius 3 is 2.74 bits per heavy atom. The minimum Gasteiger partial charge on any atom is -0.504 e. The van der Waals surface area contributed by atoms with Crippen LogP contribution in [0.2, 0.25) is 0 Å². The van der Waals surface area contributed by atoms with Crippen molar-refractivity contribution in [1.82, 2.24) is 0 Å². The summed E-state index contributed by atoms with van der Waals surface area (Å²) in [4.78, 5) is 12.5. The summed E-state index contributed by atoms with van der Waals surface area (Å²) < 4.78 is 10.4. The number of hydrogen-bond acceptors (Lipinski definition) is 6. The Morgan fingerprint density at radius 1 is 1.39 bits per heavy atom. The van der Waals surface area contributed by atoms with Gasteiger partial charge >= 0.3 is 0 Å². The Kier molecular flexibility index (Phi) is 5.76. The van der Waals surface area contributed by atoms with Gasteiger partial charge in [-0.25, -0.2) is 0 Å². The number of Topliss-reactive ketones (excluding diaryl/α,β-unsaturated/α-hetero) is 1. The van der Waals surface area contributed by atoms with Crippen molar-refractivity contribution >= 4 is 5.78 Å². The SMILES string of the molecule is C/C=C1/[C@@H](C(=O)CCc2ccc(O)c(O)c2)C[C@H](OC)O[C@@H]1O. The molecule has 3 atom stereocenters. The second-order valence-electron chi connectivity index (χ2n) is 5.52. The van der Waals surface area contributed by atoms with Gasteiger partial charge in [-0.3, -0.25) is 4.79 Å². The van der Waals surface area contributed by atoms with E-state index in [1.807, 2.05) is 0 Å². The summed E-state index contributed by atoms with van der Waals surface area (Å²) in [6.07, 6.45) is 1.02. The summed E-state index contributed by atoms with van der Waals surface area (Å²) in [6, 6.07) is 4.50. The minimum absolute atomic E-state index is 0.0185. The molecule has 0 aliphatic carbocycles. The van der Waals surface area contributed by atoms with E-state index in [0.29, 0.717) is 18.4 Å². The zero-order valence-corrected chi connectivity index (χ0v) is 13.2. The Hall–Kier alpha value is -1.89. The number of ketones is 1. The maximum absolute atomic E-state index is 12.5. The topological polar surface area (TPSA) is 96.2 Å². The largest absolute Gasteiger partial charge is 0.504 e. The molecule has 3 N–H and O–H groups in total. The van der Waals surface area contributed by atoms with Gasteiger partial charge in [-0.05, 0) is 36.6 Å². The fourth-order valence-corrected chi connectivity index (χ4v) is 2.76. The van der Waals surface area contributed by atoms with Crippen molar-refractivity contribution < 1.29 is 29.6 Å².